The fourth-order valence-electron chi connectivity index (χ4n) is 0.729. The third kappa shape index (κ3) is 5.02. The fourth-order valence-corrected chi connectivity index (χ4v) is 0.729. The van der Waals surface area contributed by atoms with Crippen LogP contribution in [0.3, 0.4) is 0 Å². The first-order valence-electron chi connectivity index (χ1n) is 3.77. The fraction of sp³-hybridized carbons (Fsp3) is 0.714. The zero-order chi connectivity index (χ0) is 10.4. The minimum absolute atomic E-state index is 0.0319. The number of nitrogens with zero attached hydrogens (tertiary/aromatic N) is 1. The summed E-state index contributed by atoms with van der Waals surface area (Å²) in [4.78, 5) is 22.6. The molecule has 0 rings (SSSR count). The molecule has 2 amide bonds. The van der Waals surface area contributed by atoms with Crippen LogP contribution in [0.1, 0.15) is 6.42 Å². The third-order valence-electron chi connectivity index (χ3n) is 1.47. The van der Waals surface area contributed by atoms with Crippen LogP contribution in [0.5, 0.6) is 0 Å². The van der Waals surface area contributed by atoms with E-state index in [1.165, 1.54) is 4.90 Å². The molecule has 3 N–H and O–H groups in total. The van der Waals surface area contributed by atoms with Crippen LogP contribution in [0, 0.1) is 0 Å². The molecular weight excluding hydrogens is 176 g/mol. The predicted octanol–water partition coefficient (Wildman–Crippen LogP) is -0.907. The minimum atomic E-state index is -1.24. The topological polar surface area (TPSA) is 89.9 Å². The second kappa shape index (κ2) is 5.36. The molecule has 0 fully saturated rings. The Morgan fingerprint density at radius 3 is 2.31 bits per heavy atom. The van der Waals surface area contributed by atoms with Gasteiger partial charge < -0.3 is 20.4 Å². The Morgan fingerprint density at radius 2 is 2.00 bits per heavy atom. The molecule has 0 aromatic heterocycles. The first kappa shape index (κ1) is 11.7. The van der Waals surface area contributed by atoms with Gasteiger partial charge in [-0.15, -0.1) is 0 Å². The summed E-state index contributed by atoms with van der Waals surface area (Å²) >= 11 is 0. The summed E-state index contributed by atoms with van der Waals surface area (Å²) in [6.45, 7) is -0.383. The summed E-state index contributed by atoms with van der Waals surface area (Å²) in [6.07, 6.45) is -1.28. The lowest BCUT2D eigenvalue weighted by Gasteiger charge is -2.16. The molecule has 0 aliphatic rings. The number of carboxylic acid groups (broad SMARTS) is 1. The summed E-state index contributed by atoms with van der Waals surface area (Å²) in [6, 6.07) is -0.729. The Hall–Kier alpha value is -1.30. The van der Waals surface area contributed by atoms with E-state index in [-0.39, 0.29) is 18.9 Å². The molecule has 0 aromatic rings. The maximum absolute atomic E-state index is 11.1. The highest BCUT2D eigenvalue weighted by molar-refractivity contribution is 5.77. The van der Waals surface area contributed by atoms with Gasteiger partial charge in [0, 0.05) is 20.5 Å². The van der Waals surface area contributed by atoms with E-state index in [1.54, 1.807) is 14.1 Å². The number of hydrogen-bond acceptors (Lipinski definition) is 3. The van der Waals surface area contributed by atoms with Crippen LogP contribution < -0.4 is 5.32 Å². The van der Waals surface area contributed by atoms with Gasteiger partial charge in [0.15, 0.2) is 0 Å². The van der Waals surface area contributed by atoms with Gasteiger partial charge in [0.1, 0.15) is 0 Å². The Balaban J connectivity index is 3.97. The largest absolute Gasteiger partial charge is 0.465 e. The Kier molecular flexibility index (Phi) is 4.83. The third-order valence-corrected chi connectivity index (χ3v) is 1.47. The molecule has 0 saturated heterocycles. The second-order valence-corrected chi connectivity index (χ2v) is 2.82. The molecule has 0 heterocycles. The number of aliphatic hydroxyl groups is 1. The molecule has 0 saturated carbocycles. The lowest BCUT2D eigenvalue weighted by molar-refractivity contribution is -0.129. The molecule has 13 heavy (non-hydrogen) atoms. The van der Waals surface area contributed by atoms with Gasteiger partial charge in [-0.25, -0.2) is 4.79 Å². The Labute approximate surface area is 76.2 Å². The van der Waals surface area contributed by atoms with Gasteiger partial charge in [-0.05, 0) is 0 Å². The van der Waals surface area contributed by atoms with E-state index in [1.807, 2.05) is 5.32 Å². The van der Waals surface area contributed by atoms with Crippen molar-refractivity contribution in [1.29, 1.82) is 0 Å². The summed E-state index contributed by atoms with van der Waals surface area (Å²) in [7, 11) is 3.13. The number of hydrogen-bond donors (Lipinski definition) is 3. The molecule has 0 radical (unpaired) electrons. The quantitative estimate of drug-likeness (QED) is 0.535. The minimum Gasteiger partial charge on any atom is -0.465 e. The van der Waals surface area contributed by atoms with Crippen LogP contribution in [0.4, 0.5) is 4.79 Å². The second-order valence-electron chi connectivity index (χ2n) is 2.82. The lowest BCUT2D eigenvalue weighted by Crippen LogP contribution is -2.40. The molecule has 0 aliphatic carbocycles. The van der Waals surface area contributed by atoms with Gasteiger partial charge in [-0.2, -0.15) is 0 Å². The smallest absolute Gasteiger partial charge is 0.404 e. The van der Waals surface area contributed by atoms with Crippen molar-refractivity contribution in [3.63, 3.8) is 0 Å². The summed E-state index contributed by atoms with van der Waals surface area (Å²) in [5, 5.41) is 19.1. The highest BCUT2D eigenvalue weighted by atomic mass is 16.4. The first-order valence-corrected chi connectivity index (χ1v) is 3.77. The number of rotatable bonds is 4. The average Bonchev–Trinajstić information content (AvgIpc) is 2.02. The van der Waals surface area contributed by atoms with E-state index in [0.29, 0.717) is 0 Å². The van der Waals surface area contributed by atoms with Crippen molar-refractivity contribution in [3.05, 3.63) is 0 Å². The van der Waals surface area contributed by atoms with Gasteiger partial charge in [0.05, 0.1) is 12.6 Å². The summed E-state index contributed by atoms with van der Waals surface area (Å²) in [5.74, 6) is -0.229. The van der Waals surface area contributed by atoms with Crippen molar-refractivity contribution in [2.75, 3.05) is 20.7 Å². The van der Waals surface area contributed by atoms with Crippen molar-refractivity contribution in [2.24, 2.45) is 0 Å². The maximum Gasteiger partial charge on any atom is 0.404 e. The Bertz CT molecular complexity index is 193. The van der Waals surface area contributed by atoms with Crippen LogP contribution in [-0.4, -0.2) is 53.9 Å². The van der Waals surface area contributed by atoms with Gasteiger partial charge in [0.25, 0.3) is 0 Å². The van der Waals surface area contributed by atoms with Crippen LogP contribution in [0.25, 0.3) is 0 Å². The number of carbonyl (C=O) groups excluding carboxylic acids is 1. The van der Waals surface area contributed by atoms with Crippen molar-refractivity contribution >= 4 is 12.0 Å². The van der Waals surface area contributed by atoms with E-state index in [4.69, 9.17) is 10.2 Å². The number of aliphatic hydroxyl groups excluding tert-OH is 1. The van der Waals surface area contributed by atoms with Crippen molar-refractivity contribution in [1.82, 2.24) is 10.2 Å². The number of carbonyl (C=O) groups is 2. The highest BCUT2D eigenvalue weighted by Gasteiger charge is 2.15. The van der Waals surface area contributed by atoms with E-state index in [9.17, 15) is 9.59 Å². The molecule has 6 nitrogen and oxygen atoms in total. The van der Waals surface area contributed by atoms with E-state index < -0.39 is 12.1 Å². The summed E-state index contributed by atoms with van der Waals surface area (Å²) in [5.41, 5.74) is 0. The Morgan fingerprint density at radius 1 is 1.46 bits per heavy atom. The summed E-state index contributed by atoms with van der Waals surface area (Å²) < 4.78 is 0. The zero-order valence-corrected chi connectivity index (χ0v) is 7.65. The van der Waals surface area contributed by atoms with E-state index in [2.05, 4.69) is 0 Å². The zero-order valence-electron chi connectivity index (χ0n) is 7.65. The molecule has 0 spiro atoms. The van der Waals surface area contributed by atoms with Crippen molar-refractivity contribution in [2.45, 2.75) is 12.5 Å². The van der Waals surface area contributed by atoms with Crippen LogP contribution >= 0.6 is 0 Å². The molecular formula is C7H14N2O4. The van der Waals surface area contributed by atoms with Gasteiger partial charge in [0.2, 0.25) is 5.91 Å². The van der Waals surface area contributed by atoms with Crippen LogP contribution in [-0.2, 0) is 4.79 Å². The molecule has 1 atom stereocenters. The monoisotopic (exact) mass is 190 g/mol. The average molecular weight is 190 g/mol. The predicted molar refractivity (Wildman–Crippen MR) is 45.3 cm³/mol. The van der Waals surface area contributed by atoms with Crippen LogP contribution in [0.15, 0.2) is 0 Å². The van der Waals surface area contributed by atoms with Gasteiger partial charge in [-0.1, -0.05) is 0 Å². The van der Waals surface area contributed by atoms with Crippen LogP contribution in [0.2, 0.25) is 0 Å². The highest BCUT2D eigenvalue weighted by Crippen LogP contribution is 1.94. The molecule has 0 aromatic carbocycles. The maximum atomic E-state index is 11.1. The normalized spacial score (nSPS) is 11.9. The molecule has 76 valence electrons. The molecule has 6 heteroatoms. The van der Waals surface area contributed by atoms with Gasteiger partial charge >= 0.3 is 6.09 Å². The number of amides is 2. The van der Waals surface area contributed by atoms with E-state index in [0.717, 1.165) is 0 Å². The molecule has 0 bridgehead atoms. The van der Waals surface area contributed by atoms with E-state index >= 15 is 0 Å². The SMILES string of the molecule is CN(C)C(=O)CC(CO)NC(=O)O. The standard InChI is InChI=1S/C7H14N2O4/c1-9(2)6(11)3-5(4-10)8-7(12)13/h5,8,10H,3-4H2,1-2H3,(H,12,13). The molecule has 1 unspecified atom stereocenters. The molecule has 0 aliphatic heterocycles. The van der Waals surface area contributed by atoms with Crippen molar-refractivity contribution in [3.8, 4) is 0 Å². The lowest BCUT2D eigenvalue weighted by atomic mass is 10.2. The number of nitrogens with one attached hydrogen (secondary N) is 1. The van der Waals surface area contributed by atoms with Gasteiger partial charge in [-0.3, -0.25) is 4.79 Å². The first-order chi connectivity index (χ1) is 5.97. The van der Waals surface area contributed by atoms with Crippen molar-refractivity contribution < 1.29 is 19.8 Å².